The molecular formula is C14H17NO3. The van der Waals surface area contributed by atoms with Crippen molar-refractivity contribution in [1.82, 2.24) is 0 Å². The summed E-state index contributed by atoms with van der Waals surface area (Å²) in [4.78, 5) is 11.5. The number of methoxy groups -OCH3 is 1. The summed E-state index contributed by atoms with van der Waals surface area (Å²) in [5.74, 6) is 1.33. The Hall–Kier alpha value is -1.97. The standard InChI is InChI=1S/C14H17NO3/c1-10(16)11-6-5-9-18-14(11)15-12-7-3-4-8-13(12)17-2/h3-4,7-8,15H,5-6,9H2,1-2H3. The van der Waals surface area contributed by atoms with Crippen molar-refractivity contribution in [3.63, 3.8) is 0 Å². The highest BCUT2D eigenvalue weighted by Gasteiger charge is 2.18. The Morgan fingerprint density at radius 1 is 1.39 bits per heavy atom. The number of anilines is 1. The summed E-state index contributed by atoms with van der Waals surface area (Å²) in [5.41, 5.74) is 1.52. The number of rotatable bonds is 4. The molecule has 1 aliphatic heterocycles. The molecule has 0 aliphatic carbocycles. The van der Waals surface area contributed by atoms with Crippen molar-refractivity contribution in [3.8, 4) is 5.75 Å². The number of Topliss-reactive ketones (excluding diaryl/α,β-unsaturated/α-hetero) is 1. The summed E-state index contributed by atoms with van der Waals surface area (Å²) >= 11 is 0. The second-order valence-corrected chi connectivity index (χ2v) is 4.14. The average molecular weight is 247 g/mol. The SMILES string of the molecule is COc1ccccc1NC1=C(C(C)=O)CCCO1. The Labute approximate surface area is 107 Å². The van der Waals surface area contributed by atoms with E-state index in [0.29, 0.717) is 18.1 Å². The molecular weight excluding hydrogens is 230 g/mol. The maximum atomic E-state index is 11.5. The van der Waals surface area contributed by atoms with Crippen LogP contribution >= 0.6 is 0 Å². The van der Waals surface area contributed by atoms with Crippen LogP contribution in [0.3, 0.4) is 0 Å². The molecule has 2 rings (SSSR count). The number of carbonyl (C=O) groups is 1. The molecule has 0 atom stereocenters. The van der Waals surface area contributed by atoms with E-state index in [1.807, 2.05) is 24.3 Å². The summed E-state index contributed by atoms with van der Waals surface area (Å²) in [6.07, 6.45) is 1.64. The van der Waals surface area contributed by atoms with E-state index in [1.54, 1.807) is 14.0 Å². The normalized spacial score (nSPS) is 15.0. The van der Waals surface area contributed by atoms with Crippen LogP contribution < -0.4 is 10.1 Å². The second kappa shape index (κ2) is 5.58. The van der Waals surface area contributed by atoms with Gasteiger partial charge in [0, 0.05) is 0 Å². The number of nitrogens with one attached hydrogen (secondary N) is 1. The maximum absolute atomic E-state index is 11.5. The minimum atomic E-state index is 0.0482. The second-order valence-electron chi connectivity index (χ2n) is 4.14. The molecule has 0 fully saturated rings. The first-order chi connectivity index (χ1) is 8.72. The summed E-state index contributed by atoms with van der Waals surface area (Å²) in [5, 5.41) is 3.14. The number of allylic oxidation sites excluding steroid dienone is 1. The lowest BCUT2D eigenvalue weighted by atomic mass is 10.1. The molecule has 0 unspecified atom stereocenters. The molecule has 0 saturated heterocycles. The van der Waals surface area contributed by atoms with Crippen LogP contribution in [-0.2, 0) is 9.53 Å². The third-order valence-corrected chi connectivity index (χ3v) is 2.87. The van der Waals surface area contributed by atoms with Gasteiger partial charge in [0.05, 0.1) is 25.0 Å². The van der Waals surface area contributed by atoms with Crippen molar-refractivity contribution in [2.45, 2.75) is 19.8 Å². The van der Waals surface area contributed by atoms with E-state index in [9.17, 15) is 4.79 Å². The Bertz CT molecular complexity index is 480. The molecule has 4 heteroatoms. The van der Waals surface area contributed by atoms with Gasteiger partial charge in [0.2, 0.25) is 0 Å². The van der Waals surface area contributed by atoms with Crippen LogP contribution in [0.25, 0.3) is 0 Å². The highest BCUT2D eigenvalue weighted by Crippen LogP contribution is 2.28. The summed E-state index contributed by atoms with van der Waals surface area (Å²) in [7, 11) is 1.61. The van der Waals surface area contributed by atoms with Crippen LogP contribution in [0.15, 0.2) is 35.7 Å². The van der Waals surface area contributed by atoms with Gasteiger partial charge < -0.3 is 14.8 Å². The summed E-state index contributed by atoms with van der Waals surface area (Å²) in [6, 6.07) is 7.55. The van der Waals surface area contributed by atoms with Crippen LogP contribution in [0.2, 0.25) is 0 Å². The lowest BCUT2D eigenvalue weighted by Gasteiger charge is -2.21. The van der Waals surface area contributed by atoms with Gasteiger partial charge in [-0.2, -0.15) is 0 Å². The van der Waals surface area contributed by atoms with Crippen LogP contribution in [0.5, 0.6) is 5.75 Å². The van der Waals surface area contributed by atoms with Crippen LogP contribution in [0, 0.1) is 0 Å². The Balaban J connectivity index is 2.28. The number of para-hydroxylation sites is 2. The predicted molar refractivity (Wildman–Crippen MR) is 69.5 cm³/mol. The fourth-order valence-electron chi connectivity index (χ4n) is 1.94. The molecule has 0 amide bonds. The average Bonchev–Trinajstić information content (AvgIpc) is 2.40. The lowest BCUT2D eigenvalue weighted by Crippen LogP contribution is -2.17. The van der Waals surface area contributed by atoms with Gasteiger partial charge in [0.15, 0.2) is 11.7 Å². The molecule has 0 spiro atoms. The Kier molecular flexibility index (Phi) is 3.87. The summed E-state index contributed by atoms with van der Waals surface area (Å²) in [6.45, 7) is 2.20. The van der Waals surface area contributed by atoms with Gasteiger partial charge in [0.1, 0.15) is 5.75 Å². The van der Waals surface area contributed by atoms with Gasteiger partial charge in [0.25, 0.3) is 0 Å². The third kappa shape index (κ3) is 2.64. The zero-order valence-corrected chi connectivity index (χ0v) is 10.7. The van der Waals surface area contributed by atoms with Crippen LogP contribution in [-0.4, -0.2) is 19.5 Å². The molecule has 0 radical (unpaired) electrons. The fourth-order valence-corrected chi connectivity index (χ4v) is 1.94. The van der Waals surface area contributed by atoms with Crippen molar-refractivity contribution in [2.24, 2.45) is 0 Å². The summed E-state index contributed by atoms with van der Waals surface area (Å²) < 4.78 is 10.8. The topological polar surface area (TPSA) is 47.6 Å². The largest absolute Gasteiger partial charge is 0.495 e. The van der Waals surface area contributed by atoms with E-state index in [4.69, 9.17) is 9.47 Å². The van der Waals surface area contributed by atoms with Gasteiger partial charge in [-0.15, -0.1) is 0 Å². The van der Waals surface area contributed by atoms with Gasteiger partial charge in [-0.25, -0.2) is 0 Å². The van der Waals surface area contributed by atoms with E-state index in [-0.39, 0.29) is 5.78 Å². The molecule has 0 aromatic heterocycles. The van der Waals surface area contributed by atoms with Gasteiger partial charge in [-0.05, 0) is 31.9 Å². The van der Waals surface area contributed by atoms with E-state index in [1.165, 1.54) is 0 Å². The molecule has 96 valence electrons. The number of hydrogen-bond acceptors (Lipinski definition) is 4. The van der Waals surface area contributed by atoms with Gasteiger partial charge in [-0.1, -0.05) is 12.1 Å². The minimum Gasteiger partial charge on any atom is -0.495 e. The molecule has 1 aliphatic rings. The first-order valence-corrected chi connectivity index (χ1v) is 5.99. The van der Waals surface area contributed by atoms with Crippen LogP contribution in [0.1, 0.15) is 19.8 Å². The monoisotopic (exact) mass is 247 g/mol. The molecule has 1 aromatic carbocycles. The van der Waals surface area contributed by atoms with Crippen molar-refractivity contribution in [3.05, 3.63) is 35.7 Å². The predicted octanol–water partition coefficient (Wildman–Crippen LogP) is 2.72. The van der Waals surface area contributed by atoms with Gasteiger partial charge >= 0.3 is 0 Å². The molecule has 0 saturated carbocycles. The fraction of sp³-hybridized carbons (Fsp3) is 0.357. The lowest BCUT2D eigenvalue weighted by molar-refractivity contribution is -0.114. The van der Waals surface area contributed by atoms with Crippen molar-refractivity contribution >= 4 is 11.5 Å². The quantitative estimate of drug-likeness (QED) is 0.888. The first kappa shape index (κ1) is 12.5. The minimum absolute atomic E-state index is 0.0482. The maximum Gasteiger partial charge on any atom is 0.198 e. The number of hydrogen-bond donors (Lipinski definition) is 1. The highest BCUT2D eigenvalue weighted by molar-refractivity contribution is 5.94. The van der Waals surface area contributed by atoms with Crippen molar-refractivity contribution in [1.29, 1.82) is 0 Å². The molecule has 4 nitrogen and oxygen atoms in total. The Morgan fingerprint density at radius 3 is 2.89 bits per heavy atom. The number of ketones is 1. The molecule has 18 heavy (non-hydrogen) atoms. The number of carbonyl (C=O) groups excluding carboxylic acids is 1. The molecule has 1 aromatic rings. The highest BCUT2D eigenvalue weighted by atomic mass is 16.5. The number of ether oxygens (including phenoxy) is 2. The van der Waals surface area contributed by atoms with Crippen molar-refractivity contribution < 1.29 is 14.3 Å². The zero-order chi connectivity index (χ0) is 13.0. The van der Waals surface area contributed by atoms with Gasteiger partial charge in [-0.3, -0.25) is 4.79 Å². The van der Waals surface area contributed by atoms with E-state index in [0.717, 1.165) is 24.3 Å². The zero-order valence-electron chi connectivity index (χ0n) is 10.7. The molecule has 0 bridgehead atoms. The smallest absolute Gasteiger partial charge is 0.198 e. The van der Waals surface area contributed by atoms with E-state index in [2.05, 4.69) is 5.32 Å². The van der Waals surface area contributed by atoms with Crippen molar-refractivity contribution in [2.75, 3.05) is 19.0 Å². The first-order valence-electron chi connectivity index (χ1n) is 5.99. The van der Waals surface area contributed by atoms with Crippen LogP contribution in [0.4, 0.5) is 5.69 Å². The van der Waals surface area contributed by atoms with E-state index >= 15 is 0 Å². The number of benzene rings is 1. The molecule has 1 N–H and O–H groups in total. The Morgan fingerprint density at radius 2 is 2.17 bits per heavy atom. The molecule has 1 heterocycles. The van der Waals surface area contributed by atoms with E-state index < -0.39 is 0 Å². The third-order valence-electron chi connectivity index (χ3n) is 2.87.